The maximum Gasteiger partial charge on any atom is 0.170 e. The molecule has 0 aromatic heterocycles. The molecule has 0 aliphatic carbocycles. The summed E-state index contributed by atoms with van der Waals surface area (Å²) in [5, 5.41) is 7.16. The smallest absolute Gasteiger partial charge is 0.170 e. The van der Waals surface area contributed by atoms with Gasteiger partial charge in [0.2, 0.25) is 0 Å². The van der Waals surface area contributed by atoms with Crippen molar-refractivity contribution in [2.24, 2.45) is 0 Å². The summed E-state index contributed by atoms with van der Waals surface area (Å²) in [6.45, 7) is 4.38. The van der Waals surface area contributed by atoms with Gasteiger partial charge in [0.15, 0.2) is 5.11 Å². The van der Waals surface area contributed by atoms with Crippen molar-refractivity contribution in [2.75, 3.05) is 12.4 Å². The van der Waals surface area contributed by atoms with Crippen LogP contribution in [0.25, 0.3) is 0 Å². The summed E-state index contributed by atoms with van der Waals surface area (Å²) in [5.74, 6) is 0.845. The Labute approximate surface area is 121 Å². The minimum absolute atomic E-state index is 0.407. The fraction of sp³-hybridized carbons (Fsp3) is 0.533. The van der Waals surface area contributed by atoms with Gasteiger partial charge in [-0.15, -0.1) is 0 Å². The lowest BCUT2D eigenvalue weighted by Gasteiger charge is -2.17. The second-order valence-electron chi connectivity index (χ2n) is 4.72. The zero-order valence-corrected chi connectivity index (χ0v) is 12.8. The molecule has 3 nitrogen and oxygen atoms in total. The Morgan fingerprint density at radius 1 is 1.26 bits per heavy atom. The fourth-order valence-corrected chi connectivity index (χ4v) is 2.16. The number of hydrogen-bond donors (Lipinski definition) is 2. The molecule has 1 atom stereocenters. The average Bonchev–Trinajstić information content (AvgIpc) is 2.39. The molecular formula is C15H24N2OS. The summed E-state index contributed by atoms with van der Waals surface area (Å²) >= 11 is 5.30. The van der Waals surface area contributed by atoms with E-state index in [1.807, 2.05) is 24.3 Å². The molecule has 0 aliphatic rings. The van der Waals surface area contributed by atoms with Crippen LogP contribution in [0.15, 0.2) is 24.3 Å². The van der Waals surface area contributed by atoms with E-state index in [0.717, 1.165) is 17.9 Å². The zero-order valence-electron chi connectivity index (χ0n) is 12.0. The highest BCUT2D eigenvalue weighted by atomic mass is 32.1. The maximum absolute atomic E-state index is 5.30. The van der Waals surface area contributed by atoms with E-state index in [1.165, 1.54) is 19.3 Å². The topological polar surface area (TPSA) is 33.3 Å². The number of rotatable bonds is 7. The first-order chi connectivity index (χ1) is 9.15. The van der Waals surface area contributed by atoms with Gasteiger partial charge in [-0.25, -0.2) is 0 Å². The molecule has 0 radical (unpaired) electrons. The molecule has 2 N–H and O–H groups in total. The van der Waals surface area contributed by atoms with E-state index in [1.54, 1.807) is 7.11 Å². The Morgan fingerprint density at radius 3 is 2.53 bits per heavy atom. The van der Waals surface area contributed by atoms with Crippen molar-refractivity contribution >= 4 is 23.0 Å². The fourth-order valence-electron chi connectivity index (χ4n) is 1.84. The molecule has 19 heavy (non-hydrogen) atoms. The van der Waals surface area contributed by atoms with E-state index in [4.69, 9.17) is 17.0 Å². The molecule has 0 saturated carbocycles. The highest BCUT2D eigenvalue weighted by Crippen LogP contribution is 2.14. The Morgan fingerprint density at radius 2 is 1.95 bits per heavy atom. The van der Waals surface area contributed by atoms with Crippen LogP contribution in [-0.2, 0) is 0 Å². The van der Waals surface area contributed by atoms with Gasteiger partial charge in [-0.1, -0.05) is 26.2 Å². The number of nitrogens with one attached hydrogen (secondary N) is 2. The quantitative estimate of drug-likeness (QED) is 0.585. The van der Waals surface area contributed by atoms with E-state index in [9.17, 15) is 0 Å². The summed E-state index contributed by atoms with van der Waals surface area (Å²) in [4.78, 5) is 0. The molecule has 1 aromatic carbocycles. The molecule has 1 rings (SSSR count). The second kappa shape index (κ2) is 8.75. The van der Waals surface area contributed by atoms with Crippen molar-refractivity contribution in [1.82, 2.24) is 5.32 Å². The van der Waals surface area contributed by atoms with Crippen LogP contribution >= 0.6 is 12.2 Å². The van der Waals surface area contributed by atoms with Crippen LogP contribution in [0.5, 0.6) is 5.75 Å². The van der Waals surface area contributed by atoms with E-state index in [0.29, 0.717) is 11.2 Å². The summed E-state index contributed by atoms with van der Waals surface area (Å²) < 4.78 is 5.12. The molecule has 4 heteroatoms. The van der Waals surface area contributed by atoms with Crippen molar-refractivity contribution in [2.45, 2.75) is 45.6 Å². The first kappa shape index (κ1) is 15.8. The second-order valence-corrected chi connectivity index (χ2v) is 5.13. The van der Waals surface area contributed by atoms with Crippen LogP contribution in [0.3, 0.4) is 0 Å². The Kier molecular flexibility index (Phi) is 7.26. The Hall–Kier alpha value is -1.29. The van der Waals surface area contributed by atoms with Crippen molar-refractivity contribution in [3.8, 4) is 5.75 Å². The highest BCUT2D eigenvalue weighted by Gasteiger charge is 2.04. The number of ether oxygens (including phenoxy) is 1. The predicted molar refractivity (Wildman–Crippen MR) is 86.0 cm³/mol. The first-order valence-electron chi connectivity index (χ1n) is 6.87. The average molecular weight is 280 g/mol. The number of hydrogen-bond acceptors (Lipinski definition) is 2. The van der Waals surface area contributed by atoms with Crippen LogP contribution in [0.2, 0.25) is 0 Å². The van der Waals surface area contributed by atoms with E-state index >= 15 is 0 Å². The van der Waals surface area contributed by atoms with Crippen molar-refractivity contribution < 1.29 is 4.74 Å². The van der Waals surface area contributed by atoms with Crippen LogP contribution < -0.4 is 15.4 Å². The zero-order chi connectivity index (χ0) is 14.1. The maximum atomic E-state index is 5.30. The van der Waals surface area contributed by atoms with Gasteiger partial charge in [0.25, 0.3) is 0 Å². The number of thiocarbonyl (C=S) groups is 1. The van der Waals surface area contributed by atoms with Gasteiger partial charge in [0.1, 0.15) is 5.75 Å². The lowest BCUT2D eigenvalue weighted by molar-refractivity contribution is 0.415. The molecule has 1 aromatic rings. The third-order valence-corrected chi connectivity index (χ3v) is 3.19. The van der Waals surface area contributed by atoms with Gasteiger partial charge in [-0.3, -0.25) is 0 Å². The van der Waals surface area contributed by atoms with Crippen molar-refractivity contribution in [3.05, 3.63) is 24.3 Å². The van der Waals surface area contributed by atoms with Crippen LogP contribution in [0, 0.1) is 0 Å². The van der Waals surface area contributed by atoms with Gasteiger partial charge in [0.05, 0.1) is 7.11 Å². The summed E-state index contributed by atoms with van der Waals surface area (Å²) in [6.07, 6.45) is 4.93. The van der Waals surface area contributed by atoms with E-state index in [2.05, 4.69) is 24.5 Å². The minimum atomic E-state index is 0.407. The minimum Gasteiger partial charge on any atom is -0.497 e. The number of unbranched alkanes of at least 4 members (excludes halogenated alkanes) is 2. The third kappa shape index (κ3) is 6.43. The summed E-state index contributed by atoms with van der Waals surface area (Å²) in [6, 6.07) is 8.14. The molecule has 106 valence electrons. The monoisotopic (exact) mass is 280 g/mol. The first-order valence-corrected chi connectivity index (χ1v) is 7.28. The van der Waals surface area contributed by atoms with E-state index < -0.39 is 0 Å². The molecule has 0 amide bonds. The van der Waals surface area contributed by atoms with Gasteiger partial charge < -0.3 is 15.4 Å². The van der Waals surface area contributed by atoms with Crippen LogP contribution in [0.4, 0.5) is 5.69 Å². The van der Waals surface area contributed by atoms with Crippen molar-refractivity contribution in [3.63, 3.8) is 0 Å². The van der Waals surface area contributed by atoms with Gasteiger partial charge in [-0.2, -0.15) is 0 Å². The Balaban J connectivity index is 2.33. The summed E-state index contributed by atoms with van der Waals surface area (Å²) in [7, 11) is 1.66. The number of anilines is 1. The van der Waals surface area contributed by atoms with Crippen LogP contribution in [0.1, 0.15) is 39.5 Å². The molecule has 0 fully saturated rings. The lowest BCUT2D eigenvalue weighted by atomic mass is 10.1. The molecule has 0 bridgehead atoms. The van der Waals surface area contributed by atoms with Gasteiger partial charge in [-0.05, 0) is 49.8 Å². The molecule has 0 spiro atoms. The highest BCUT2D eigenvalue weighted by molar-refractivity contribution is 7.80. The standard InChI is InChI=1S/C15H24N2OS/c1-4-5-6-7-12(2)16-15(19)17-13-8-10-14(18-3)11-9-13/h8-12H,4-7H2,1-3H3,(H2,16,17,19). The Bertz CT molecular complexity index is 378. The molecular weight excluding hydrogens is 256 g/mol. The normalized spacial score (nSPS) is 11.7. The van der Waals surface area contributed by atoms with Crippen LogP contribution in [-0.4, -0.2) is 18.3 Å². The van der Waals surface area contributed by atoms with E-state index in [-0.39, 0.29) is 0 Å². The SMILES string of the molecule is CCCCCC(C)NC(=S)Nc1ccc(OC)cc1. The number of methoxy groups -OCH3 is 1. The van der Waals surface area contributed by atoms with Crippen molar-refractivity contribution in [1.29, 1.82) is 0 Å². The molecule has 0 aliphatic heterocycles. The molecule has 0 saturated heterocycles. The largest absolute Gasteiger partial charge is 0.497 e. The third-order valence-electron chi connectivity index (χ3n) is 2.97. The predicted octanol–water partition coefficient (Wildman–Crippen LogP) is 3.95. The lowest BCUT2D eigenvalue weighted by Crippen LogP contribution is -2.35. The molecule has 0 heterocycles. The summed E-state index contributed by atoms with van der Waals surface area (Å²) in [5.41, 5.74) is 0.971. The van der Waals surface area contributed by atoms with Gasteiger partial charge in [0, 0.05) is 11.7 Å². The molecule has 1 unspecified atom stereocenters. The van der Waals surface area contributed by atoms with Gasteiger partial charge >= 0.3 is 0 Å². The number of benzene rings is 1.